The summed E-state index contributed by atoms with van der Waals surface area (Å²) in [7, 11) is 0. The summed E-state index contributed by atoms with van der Waals surface area (Å²) >= 11 is 2.15. The van der Waals surface area contributed by atoms with Crippen LogP contribution >= 0.6 is 22.6 Å². The maximum atomic E-state index is 11.7. The number of nitriles is 1. The van der Waals surface area contributed by atoms with Gasteiger partial charge in [-0.2, -0.15) is 5.26 Å². The van der Waals surface area contributed by atoms with Crippen LogP contribution in [-0.4, -0.2) is 11.9 Å². The number of benzene rings is 1. The molecular formula is C11H11IN2O. The lowest BCUT2D eigenvalue weighted by molar-refractivity contribution is 0.0944. The van der Waals surface area contributed by atoms with Crippen LogP contribution in [0.3, 0.4) is 0 Å². The fraction of sp³-hybridized carbons (Fsp3) is 0.273. The molecule has 0 aliphatic carbocycles. The van der Waals surface area contributed by atoms with Gasteiger partial charge in [-0.05, 0) is 47.2 Å². The van der Waals surface area contributed by atoms with Crippen molar-refractivity contribution in [3.8, 4) is 6.07 Å². The molecule has 0 heterocycles. The van der Waals surface area contributed by atoms with Crippen molar-refractivity contribution in [1.82, 2.24) is 5.32 Å². The van der Waals surface area contributed by atoms with E-state index in [1.807, 2.05) is 25.1 Å². The average molecular weight is 314 g/mol. The predicted octanol–water partition coefficient (Wildman–Crippen LogP) is 2.32. The van der Waals surface area contributed by atoms with Crippen LogP contribution in [0.4, 0.5) is 0 Å². The zero-order valence-corrected chi connectivity index (χ0v) is 10.5. The Morgan fingerprint density at radius 2 is 2.40 bits per heavy atom. The molecule has 0 radical (unpaired) electrons. The molecule has 4 heteroatoms. The molecule has 78 valence electrons. The van der Waals surface area contributed by atoms with E-state index in [2.05, 4.69) is 27.9 Å². The third kappa shape index (κ3) is 3.51. The van der Waals surface area contributed by atoms with Crippen LogP contribution in [0.5, 0.6) is 0 Å². The van der Waals surface area contributed by atoms with Crippen molar-refractivity contribution in [3.05, 3.63) is 33.4 Å². The Morgan fingerprint density at radius 1 is 1.67 bits per heavy atom. The van der Waals surface area contributed by atoms with Crippen molar-refractivity contribution in [3.63, 3.8) is 0 Å². The molecule has 0 aliphatic rings. The third-order valence-electron chi connectivity index (χ3n) is 1.96. The van der Waals surface area contributed by atoms with Crippen molar-refractivity contribution in [1.29, 1.82) is 5.26 Å². The predicted molar refractivity (Wildman–Crippen MR) is 66.3 cm³/mol. The molecule has 1 rings (SSSR count). The van der Waals surface area contributed by atoms with Gasteiger partial charge in [0.1, 0.15) is 6.04 Å². The van der Waals surface area contributed by atoms with Gasteiger partial charge in [0, 0.05) is 9.13 Å². The average Bonchev–Trinajstić information content (AvgIpc) is 2.25. The van der Waals surface area contributed by atoms with Gasteiger partial charge in [0.25, 0.3) is 5.91 Å². The summed E-state index contributed by atoms with van der Waals surface area (Å²) in [5.41, 5.74) is 0.593. The van der Waals surface area contributed by atoms with Gasteiger partial charge in [-0.3, -0.25) is 4.79 Å². The minimum atomic E-state index is -0.407. The van der Waals surface area contributed by atoms with Gasteiger partial charge in [0.2, 0.25) is 0 Å². The lowest BCUT2D eigenvalue weighted by atomic mass is 10.2. The van der Waals surface area contributed by atoms with Gasteiger partial charge < -0.3 is 5.32 Å². The number of amides is 1. The van der Waals surface area contributed by atoms with Gasteiger partial charge >= 0.3 is 0 Å². The summed E-state index contributed by atoms with van der Waals surface area (Å²) in [5, 5.41) is 11.4. The second-order valence-electron chi connectivity index (χ2n) is 3.07. The van der Waals surface area contributed by atoms with Crippen LogP contribution in [0, 0.1) is 14.9 Å². The molecule has 1 N–H and O–H groups in total. The van der Waals surface area contributed by atoms with E-state index >= 15 is 0 Å². The van der Waals surface area contributed by atoms with E-state index in [4.69, 9.17) is 5.26 Å². The van der Waals surface area contributed by atoms with Crippen LogP contribution in [0.15, 0.2) is 24.3 Å². The van der Waals surface area contributed by atoms with E-state index in [-0.39, 0.29) is 5.91 Å². The van der Waals surface area contributed by atoms with E-state index in [1.165, 1.54) is 0 Å². The van der Waals surface area contributed by atoms with Gasteiger partial charge in [0.15, 0.2) is 0 Å². The summed E-state index contributed by atoms with van der Waals surface area (Å²) in [5.74, 6) is -0.193. The highest BCUT2D eigenvalue weighted by molar-refractivity contribution is 14.1. The highest BCUT2D eigenvalue weighted by Gasteiger charge is 2.10. The van der Waals surface area contributed by atoms with Crippen molar-refractivity contribution in [2.24, 2.45) is 0 Å². The van der Waals surface area contributed by atoms with Crippen LogP contribution in [0.2, 0.25) is 0 Å². The standard InChI is InChI=1S/C11H11IN2O/c1-2-10(7-13)14-11(15)8-4-3-5-9(12)6-8/h3-6,10H,2H2,1H3,(H,14,15). The first kappa shape index (κ1) is 12.0. The molecule has 1 aromatic carbocycles. The normalized spacial score (nSPS) is 11.5. The van der Waals surface area contributed by atoms with Crippen molar-refractivity contribution in [2.75, 3.05) is 0 Å². The van der Waals surface area contributed by atoms with E-state index in [0.717, 1.165) is 3.57 Å². The largest absolute Gasteiger partial charge is 0.336 e. The Bertz CT molecular complexity index is 398. The van der Waals surface area contributed by atoms with E-state index < -0.39 is 6.04 Å². The molecule has 0 saturated carbocycles. The first-order chi connectivity index (χ1) is 7.17. The second-order valence-corrected chi connectivity index (χ2v) is 4.32. The molecule has 0 aromatic heterocycles. The molecule has 0 saturated heterocycles. The van der Waals surface area contributed by atoms with Crippen LogP contribution < -0.4 is 5.32 Å². The summed E-state index contributed by atoms with van der Waals surface area (Å²) in [6, 6.07) is 8.89. The molecule has 1 unspecified atom stereocenters. The smallest absolute Gasteiger partial charge is 0.252 e. The molecule has 0 fully saturated rings. The zero-order valence-electron chi connectivity index (χ0n) is 8.33. The zero-order chi connectivity index (χ0) is 11.3. The SMILES string of the molecule is CCC(C#N)NC(=O)c1cccc(I)c1. The minimum absolute atomic E-state index is 0.193. The Labute approximate surface area is 103 Å². The van der Waals surface area contributed by atoms with Crippen LogP contribution in [0.1, 0.15) is 23.7 Å². The molecule has 1 atom stereocenters. The number of rotatable bonds is 3. The maximum Gasteiger partial charge on any atom is 0.252 e. The van der Waals surface area contributed by atoms with Crippen molar-refractivity contribution in [2.45, 2.75) is 19.4 Å². The number of nitrogens with one attached hydrogen (secondary N) is 1. The maximum absolute atomic E-state index is 11.7. The van der Waals surface area contributed by atoms with Gasteiger partial charge in [-0.1, -0.05) is 13.0 Å². The third-order valence-corrected chi connectivity index (χ3v) is 2.63. The molecule has 15 heavy (non-hydrogen) atoms. The summed E-state index contributed by atoms with van der Waals surface area (Å²) in [4.78, 5) is 11.7. The van der Waals surface area contributed by atoms with Crippen molar-refractivity contribution >= 4 is 28.5 Å². The first-order valence-electron chi connectivity index (χ1n) is 4.63. The van der Waals surface area contributed by atoms with Gasteiger partial charge in [-0.15, -0.1) is 0 Å². The summed E-state index contributed by atoms with van der Waals surface area (Å²) in [6.45, 7) is 1.86. The first-order valence-corrected chi connectivity index (χ1v) is 5.71. The number of hydrogen-bond acceptors (Lipinski definition) is 2. The van der Waals surface area contributed by atoms with Gasteiger partial charge in [0.05, 0.1) is 6.07 Å². The summed E-state index contributed by atoms with van der Waals surface area (Å²) in [6.07, 6.45) is 0.617. The minimum Gasteiger partial charge on any atom is -0.336 e. The Kier molecular flexibility index (Phi) is 4.56. The monoisotopic (exact) mass is 314 g/mol. The lowest BCUT2D eigenvalue weighted by Crippen LogP contribution is -2.33. The molecule has 0 aliphatic heterocycles. The summed E-state index contributed by atoms with van der Waals surface area (Å²) < 4.78 is 1.00. The molecule has 0 bridgehead atoms. The molecule has 3 nitrogen and oxygen atoms in total. The lowest BCUT2D eigenvalue weighted by Gasteiger charge is -2.08. The molecular weight excluding hydrogens is 303 g/mol. The van der Waals surface area contributed by atoms with Gasteiger partial charge in [-0.25, -0.2) is 0 Å². The number of carbonyl (C=O) groups is 1. The second kappa shape index (κ2) is 5.71. The number of nitrogens with zero attached hydrogens (tertiary/aromatic N) is 1. The number of hydrogen-bond donors (Lipinski definition) is 1. The van der Waals surface area contributed by atoms with E-state index in [0.29, 0.717) is 12.0 Å². The Morgan fingerprint density at radius 3 is 2.93 bits per heavy atom. The molecule has 1 aromatic rings. The fourth-order valence-electron chi connectivity index (χ4n) is 1.10. The highest BCUT2D eigenvalue weighted by Crippen LogP contribution is 2.07. The molecule has 0 spiro atoms. The Hall–Kier alpha value is -1.09. The Balaban J connectivity index is 2.74. The quantitative estimate of drug-likeness (QED) is 0.871. The van der Waals surface area contributed by atoms with E-state index in [1.54, 1.807) is 12.1 Å². The highest BCUT2D eigenvalue weighted by atomic mass is 127. The number of halogens is 1. The topological polar surface area (TPSA) is 52.9 Å². The van der Waals surface area contributed by atoms with E-state index in [9.17, 15) is 4.79 Å². The van der Waals surface area contributed by atoms with Crippen LogP contribution in [-0.2, 0) is 0 Å². The fourth-order valence-corrected chi connectivity index (χ4v) is 1.64. The number of carbonyl (C=O) groups excluding carboxylic acids is 1. The van der Waals surface area contributed by atoms with Crippen molar-refractivity contribution < 1.29 is 4.79 Å². The molecule has 1 amide bonds. The van der Waals surface area contributed by atoms with Crippen LogP contribution in [0.25, 0.3) is 0 Å².